The normalized spacial score (nSPS) is 12.4. The van der Waals surface area contributed by atoms with Crippen molar-refractivity contribution in [3.8, 4) is 5.75 Å². The molecule has 0 spiro atoms. The number of rotatable bonds is 7. The smallest absolute Gasteiger partial charge is 0.119 e. The number of hydrogen-bond donors (Lipinski definition) is 1. The molecule has 0 saturated carbocycles. The fraction of sp³-hybridized carbons (Fsp3) is 0.571. The van der Waals surface area contributed by atoms with Gasteiger partial charge < -0.3 is 9.84 Å². The standard InChI is InChI=1S/C14H22O2/c1-3-4-5-13-6-8-14(9-7-13)16-11-10-12(2)15/h6-9,12,15H,3-5,10-11H2,1-2H3. The summed E-state index contributed by atoms with van der Waals surface area (Å²) in [6.45, 7) is 4.55. The topological polar surface area (TPSA) is 29.5 Å². The van der Waals surface area contributed by atoms with Gasteiger partial charge in [-0.05, 0) is 37.5 Å². The summed E-state index contributed by atoms with van der Waals surface area (Å²) in [6.07, 6.45) is 4.00. The van der Waals surface area contributed by atoms with Crippen LogP contribution < -0.4 is 4.74 Å². The van der Waals surface area contributed by atoms with E-state index in [1.807, 2.05) is 12.1 Å². The average Bonchev–Trinajstić information content (AvgIpc) is 2.27. The SMILES string of the molecule is CCCCc1ccc(OCCC(C)O)cc1. The Morgan fingerprint density at radius 3 is 2.50 bits per heavy atom. The van der Waals surface area contributed by atoms with Gasteiger partial charge in [0.05, 0.1) is 12.7 Å². The predicted octanol–water partition coefficient (Wildman–Crippen LogP) is 3.18. The largest absolute Gasteiger partial charge is 0.493 e. The summed E-state index contributed by atoms with van der Waals surface area (Å²) in [7, 11) is 0. The molecule has 0 aliphatic carbocycles. The molecule has 0 saturated heterocycles. The molecule has 0 heterocycles. The lowest BCUT2D eigenvalue weighted by Crippen LogP contribution is -2.07. The van der Waals surface area contributed by atoms with Crippen LogP contribution in [0.5, 0.6) is 5.75 Å². The van der Waals surface area contributed by atoms with Crippen LogP contribution in [-0.4, -0.2) is 17.8 Å². The van der Waals surface area contributed by atoms with Crippen LogP contribution in [-0.2, 0) is 6.42 Å². The molecule has 0 aromatic heterocycles. The summed E-state index contributed by atoms with van der Waals surface area (Å²) in [4.78, 5) is 0. The van der Waals surface area contributed by atoms with Crippen LogP contribution in [0.1, 0.15) is 38.7 Å². The molecule has 16 heavy (non-hydrogen) atoms. The van der Waals surface area contributed by atoms with Crippen molar-refractivity contribution in [1.82, 2.24) is 0 Å². The Kier molecular flexibility index (Phi) is 5.94. The maximum absolute atomic E-state index is 9.09. The summed E-state index contributed by atoms with van der Waals surface area (Å²) in [5.41, 5.74) is 1.37. The summed E-state index contributed by atoms with van der Waals surface area (Å²) in [6, 6.07) is 8.25. The minimum absolute atomic E-state index is 0.288. The first-order chi connectivity index (χ1) is 7.72. The van der Waals surface area contributed by atoms with Crippen LogP contribution in [0.15, 0.2) is 24.3 Å². The van der Waals surface area contributed by atoms with Gasteiger partial charge in [0.1, 0.15) is 5.75 Å². The van der Waals surface area contributed by atoms with Crippen LogP contribution in [0.3, 0.4) is 0 Å². The summed E-state index contributed by atoms with van der Waals surface area (Å²) in [5, 5.41) is 9.09. The quantitative estimate of drug-likeness (QED) is 0.767. The highest BCUT2D eigenvalue weighted by Gasteiger charge is 1.98. The summed E-state index contributed by atoms with van der Waals surface area (Å²) < 4.78 is 5.52. The molecule has 1 aromatic carbocycles. The van der Waals surface area contributed by atoms with Gasteiger partial charge in [-0.1, -0.05) is 25.5 Å². The van der Waals surface area contributed by atoms with E-state index in [0.29, 0.717) is 13.0 Å². The van der Waals surface area contributed by atoms with E-state index in [-0.39, 0.29) is 6.10 Å². The maximum atomic E-state index is 9.09. The first-order valence-electron chi connectivity index (χ1n) is 6.12. The summed E-state index contributed by atoms with van der Waals surface area (Å²) >= 11 is 0. The van der Waals surface area contributed by atoms with Gasteiger partial charge in [-0.25, -0.2) is 0 Å². The van der Waals surface area contributed by atoms with Gasteiger partial charge in [0.15, 0.2) is 0 Å². The molecule has 0 aliphatic heterocycles. The van der Waals surface area contributed by atoms with Crippen LogP contribution >= 0.6 is 0 Å². The van der Waals surface area contributed by atoms with Gasteiger partial charge in [0, 0.05) is 6.42 Å². The van der Waals surface area contributed by atoms with E-state index in [1.165, 1.54) is 18.4 Å². The highest BCUT2D eigenvalue weighted by Crippen LogP contribution is 2.14. The van der Waals surface area contributed by atoms with Crippen molar-refractivity contribution in [3.05, 3.63) is 29.8 Å². The zero-order valence-electron chi connectivity index (χ0n) is 10.3. The lowest BCUT2D eigenvalue weighted by molar-refractivity contribution is 0.155. The first kappa shape index (κ1) is 13.0. The molecule has 0 amide bonds. The number of aliphatic hydroxyl groups is 1. The third-order valence-corrected chi connectivity index (χ3v) is 2.55. The van der Waals surface area contributed by atoms with Gasteiger partial charge in [0.2, 0.25) is 0 Å². The van der Waals surface area contributed by atoms with Gasteiger partial charge in [-0.3, -0.25) is 0 Å². The van der Waals surface area contributed by atoms with Crippen molar-refractivity contribution in [2.75, 3.05) is 6.61 Å². The van der Waals surface area contributed by atoms with Gasteiger partial charge in [-0.2, -0.15) is 0 Å². The number of aliphatic hydroxyl groups excluding tert-OH is 1. The molecule has 1 N–H and O–H groups in total. The van der Waals surface area contributed by atoms with Crippen LogP contribution in [0, 0.1) is 0 Å². The molecule has 1 aromatic rings. The molecule has 0 radical (unpaired) electrons. The molecular weight excluding hydrogens is 200 g/mol. The number of hydrogen-bond acceptors (Lipinski definition) is 2. The zero-order valence-corrected chi connectivity index (χ0v) is 10.3. The highest BCUT2D eigenvalue weighted by molar-refractivity contribution is 5.27. The number of unbranched alkanes of at least 4 members (excludes halogenated alkanes) is 1. The fourth-order valence-corrected chi connectivity index (χ4v) is 1.48. The molecule has 0 aliphatic rings. The molecule has 2 nitrogen and oxygen atoms in total. The third kappa shape index (κ3) is 5.17. The minimum Gasteiger partial charge on any atom is -0.493 e. The first-order valence-corrected chi connectivity index (χ1v) is 6.12. The second-order valence-electron chi connectivity index (χ2n) is 4.23. The van der Waals surface area contributed by atoms with Gasteiger partial charge in [-0.15, -0.1) is 0 Å². The Labute approximate surface area is 98.3 Å². The second-order valence-corrected chi connectivity index (χ2v) is 4.23. The molecule has 1 atom stereocenters. The number of benzene rings is 1. The van der Waals surface area contributed by atoms with E-state index >= 15 is 0 Å². The molecule has 0 fully saturated rings. The zero-order chi connectivity index (χ0) is 11.8. The van der Waals surface area contributed by atoms with Crippen molar-refractivity contribution in [1.29, 1.82) is 0 Å². The lowest BCUT2D eigenvalue weighted by Gasteiger charge is -2.08. The van der Waals surface area contributed by atoms with E-state index in [0.717, 1.165) is 12.2 Å². The molecule has 1 unspecified atom stereocenters. The molecule has 90 valence electrons. The van der Waals surface area contributed by atoms with Crippen LogP contribution in [0.4, 0.5) is 0 Å². The number of ether oxygens (including phenoxy) is 1. The monoisotopic (exact) mass is 222 g/mol. The molecule has 0 bridgehead atoms. The Bertz CT molecular complexity index is 277. The predicted molar refractivity (Wildman–Crippen MR) is 66.8 cm³/mol. The minimum atomic E-state index is -0.288. The van der Waals surface area contributed by atoms with E-state index in [4.69, 9.17) is 9.84 Å². The highest BCUT2D eigenvalue weighted by atomic mass is 16.5. The molecule has 1 rings (SSSR count). The Morgan fingerprint density at radius 1 is 1.25 bits per heavy atom. The molecular formula is C14H22O2. The maximum Gasteiger partial charge on any atom is 0.119 e. The Hall–Kier alpha value is -1.02. The van der Waals surface area contributed by atoms with Crippen molar-refractivity contribution in [2.24, 2.45) is 0 Å². The van der Waals surface area contributed by atoms with Gasteiger partial charge in [0.25, 0.3) is 0 Å². The Morgan fingerprint density at radius 2 is 1.94 bits per heavy atom. The average molecular weight is 222 g/mol. The van der Waals surface area contributed by atoms with Crippen molar-refractivity contribution in [2.45, 2.75) is 45.6 Å². The summed E-state index contributed by atoms with van der Waals surface area (Å²) in [5.74, 6) is 0.890. The van der Waals surface area contributed by atoms with E-state index in [2.05, 4.69) is 19.1 Å². The van der Waals surface area contributed by atoms with E-state index in [9.17, 15) is 0 Å². The van der Waals surface area contributed by atoms with Crippen molar-refractivity contribution < 1.29 is 9.84 Å². The number of aryl methyl sites for hydroxylation is 1. The third-order valence-electron chi connectivity index (χ3n) is 2.55. The van der Waals surface area contributed by atoms with E-state index in [1.54, 1.807) is 6.92 Å². The van der Waals surface area contributed by atoms with Crippen LogP contribution in [0.2, 0.25) is 0 Å². The van der Waals surface area contributed by atoms with E-state index < -0.39 is 0 Å². The van der Waals surface area contributed by atoms with Crippen LogP contribution in [0.25, 0.3) is 0 Å². The van der Waals surface area contributed by atoms with Crippen molar-refractivity contribution in [3.63, 3.8) is 0 Å². The lowest BCUT2D eigenvalue weighted by atomic mass is 10.1. The van der Waals surface area contributed by atoms with Gasteiger partial charge >= 0.3 is 0 Å². The van der Waals surface area contributed by atoms with Crippen molar-refractivity contribution >= 4 is 0 Å². The Balaban J connectivity index is 2.33. The molecule has 2 heteroatoms. The fourth-order valence-electron chi connectivity index (χ4n) is 1.48. The second kappa shape index (κ2) is 7.29.